The number of carboxylic acids is 1. The summed E-state index contributed by atoms with van der Waals surface area (Å²) in [7, 11) is 0. The highest BCUT2D eigenvalue weighted by molar-refractivity contribution is 6.00. The van der Waals surface area contributed by atoms with Gasteiger partial charge in [0.15, 0.2) is 5.96 Å². The predicted octanol–water partition coefficient (Wildman–Crippen LogP) is -4.53. The number of amides is 6. The van der Waals surface area contributed by atoms with Crippen LogP contribution in [-0.4, -0.2) is 101 Å². The molecule has 0 saturated carbocycles. The summed E-state index contributed by atoms with van der Waals surface area (Å²) in [5, 5.41) is 21.3. The maximum Gasteiger partial charge on any atom is 0.305 e. The van der Waals surface area contributed by atoms with Gasteiger partial charge in [0, 0.05) is 26.2 Å². The van der Waals surface area contributed by atoms with Gasteiger partial charge in [0.1, 0.15) is 24.2 Å². The molecule has 4 atom stereocenters. The molecule has 0 unspecified atom stereocenters. The molecule has 3 aliphatic heterocycles. The predicted molar refractivity (Wildman–Crippen MR) is 157 cm³/mol. The molecule has 3 saturated heterocycles. The third kappa shape index (κ3) is 10.2. The quantitative estimate of drug-likeness (QED) is 0.0542. The summed E-state index contributed by atoms with van der Waals surface area (Å²) in [5.41, 5.74) is 17.8. The van der Waals surface area contributed by atoms with Crippen LogP contribution in [0.15, 0.2) is 29.3 Å². The van der Waals surface area contributed by atoms with Crippen LogP contribution in [0.25, 0.3) is 0 Å². The summed E-state index contributed by atoms with van der Waals surface area (Å²) in [6, 6.07) is 1.68. The number of aliphatic carboxylic acids is 1. The lowest BCUT2D eigenvalue weighted by Gasteiger charge is -2.39. The van der Waals surface area contributed by atoms with Crippen molar-refractivity contribution in [1.29, 1.82) is 0 Å². The summed E-state index contributed by atoms with van der Waals surface area (Å²) >= 11 is 0. The van der Waals surface area contributed by atoms with Crippen LogP contribution in [0.1, 0.15) is 36.8 Å². The van der Waals surface area contributed by atoms with Gasteiger partial charge < -0.3 is 53.8 Å². The molecular weight excluding hydrogens is 592 g/mol. The van der Waals surface area contributed by atoms with Gasteiger partial charge >= 0.3 is 5.97 Å². The van der Waals surface area contributed by atoms with Gasteiger partial charge in [0.2, 0.25) is 35.4 Å². The van der Waals surface area contributed by atoms with Crippen molar-refractivity contribution in [3.05, 3.63) is 35.4 Å². The van der Waals surface area contributed by atoms with Crippen molar-refractivity contribution < 1.29 is 38.7 Å². The van der Waals surface area contributed by atoms with Crippen molar-refractivity contribution in [1.82, 2.24) is 31.5 Å². The van der Waals surface area contributed by atoms with Crippen molar-refractivity contribution in [3.63, 3.8) is 0 Å². The number of guanidine groups is 1. The molecule has 3 aliphatic rings. The van der Waals surface area contributed by atoms with E-state index in [1.165, 1.54) is 4.90 Å². The van der Waals surface area contributed by atoms with E-state index in [-0.39, 0.29) is 31.9 Å². The lowest BCUT2D eigenvalue weighted by Crippen LogP contribution is -2.66. The van der Waals surface area contributed by atoms with Crippen molar-refractivity contribution in [2.24, 2.45) is 22.2 Å². The van der Waals surface area contributed by atoms with Crippen LogP contribution in [-0.2, 0) is 46.7 Å². The Morgan fingerprint density at radius 3 is 2.18 bits per heavy atom. The number of nitrogens with zero attached hydrogens (tertiary/aromatic N) is 2. The van der Waals surface area contributed by atoms with E-state index in [2.05, 4.69) is 31.6 Å². The minimum absolute atomic E-state index is 0.0368. The highest BCUT2D eigenvalue weighted by Gasteiger charge is 2.42. The van der Waals surface area contributed by atoms with Crippen LogP contribution in [0.4, 0.5) is 0 Å². The largest absolute Gasteiger partial charge is 0.481 e. The normalized spacial score (nSPS) is 23.2. The summed E-state index contributed by atoms with van der Waals surface area (Å²) in [4.78, 5) is 95.1. The number of aliphatic imine (C=N–C) groups is 1. The molecule has 6 amide bonds. The van der Waals surface area contributed by atoms with Gasteiger partial charge in [0.25, 0.3) is 0 Å². The number of nitrogens with one attached hydrogen (secondary N) is 5. The highest BCUT2D eigenvalue weighted by Crippen LogP contribution is 2.18. The number of carbonyl (C=O) groups is 7. The Morgan fingerprint density at radius 1 is 0.889 bits per heavy atom. The molecule has 18 heteroatoms. The third-order valence-electron chi connectivity index (χ3n) is 7.10. The Kier molecular flexibility index (Phi) is 12.2. The minimum Gasteiger partial charge on any atom is -0.481 e. The smallest absolute Gasteiger partial charge is 0.305 e. The fraction of sp³-hybridized carbons (Fsp3) is 0.481. The van der Waals surface area contributed by atoms with Crippen molar-refractivity contribution in [2.45, 2.75) is 62.9 Å². The zero-order valence-electron chi connectivity index (χ0n) is 24.4. The zero-order valence-corrected chi connectivity index (χ0v) is 24.4. The molecule has 45 heavy (non-hydrogen) atoms. The number of rotatable bonds is 9. The molecule has 0 aliphatic carbocycles. The first-order valence-corrected chi connectivity index (χ1v) is 14.2. The lowest BCUT2D eigenvalue weighted by atomic mass is 10.0. The molecule has 1 aromatic rings. The van der Waals surface area contributed by atoms with Crippen LogP contribution in [0.3, 0.4) is 0 Å². The fourth-order valence-electron chi connectivity index (χ4n) is 4.78. The first-order valence-electron chi connectivity index (χ1n) is 14.2. The highest BCUT2D eigenvalue weighted by atomic mass is 16.4. The van der Waals surface area contributed by atoms with Gasteiger partial charge in [0.05, 0.1) is 19.4 Å². The van der Waals surface area contributed by atoms with E-state index in [0.29, 0.717) is 12.1 Å². The number of hydrogen-bond acceptors (Lipinski definition) is 9. The SMILES string of the molecule is NCc1ccc(CN2C(=O)[C@@H]3CNC(=O)[C@H](CC(=O)O)NC(=O)CNC(=O)[C@H](CCCN=C(N)N)NC(=O)C[C@@H]2C(=O)N3)cc1. The summed E-state index contributed by atoms with van der Waals surface area (Å²) in [6.45, 7) is -0.708. The van der Waals surface area contributed by atoms with Gasteiger partial charge in [-0.3, -0.25) is 38.6 Å². The third-order valence-corrected chi connectivity index (χ3v) is 7.10. The first kappa shape index (κ1) is 34.2. The average Bonchev–Trinajstić information content (AvgIpc) is 2.99. The molecular formula is C27H38N10O8. The van der Waals surface area contributed by atoms with E-state index in [1.807, 2.05) is 0 Å². The first-order chi connectivity index (χ1) is 21.4. The molecule has 4 rings (SSSR count). The maximum atomic E-state index is 13.6. The minimum atomic E-state index is -1.56. The molecule has 3 fully saturated rings. The Balaban J connectivity index is 1.94. The number of fused-ring (bicyclic) bond motifs is 14. The molecule has 0 radical (unpaired) electrons. The second kappa shape index (κ2) is 16.0. The van der Waals surface area contributed by atoms with E-state index in [0.717, 1.165) is 5.56 Å². The Bertz CT molecular complexity index is 1330. The van der Waals surface area contributed by atoms with Gasteiger partial charge in [-0.1, -0.05) is 24.3 Å². The molecule has 0 aromatic heterocycles. The molecule has 3 heterocycles. The van der Waals surface area contributed by atoms with Gasteiger partial charge in [-0.2, -0.15) is 0 Å². The summed E-state index contributed by atoms with van der Waals surface area (Å²) in [5.74, 6) is -6.17. The Morgan fingerprint density at radius 2 is 1.53 bits per heavy atom. The number of carboxylic acid groups (broad SMARTS) is 1. The van der Waals surface area contributed by atoms with Crippen molar-refractivity contribution >= 4 is 47.4 Å². The summed E-state index contributed by atoms with van der Waals surface area (Å²) in [6.07, 6.45) is -1.02. The number of piperazine rings is 1. The molecule has 0 spiro atoms. The Labute approximate surface area is 257 Å². The molecule has 244 valence electrons. The van der Waals surface area contributed by atoms with E-state index in [1.54, 1.807) is 24.3 Å². The summed E-state index contributed by atoms with van der Waals surface area (Å²) < 4.78 is 0. The van der Waals surface area contributed by atoms with Crippen molar-refractivity contribution in [2.75, 3.05) is 19.6 Å². The maximum absolute atomic E-state index is 13.6. The Hall–Kier alpha value is -5.26. The van der Waals surface area contributed by atoms with Crippen LogP contribution in [0.5, 0.6) is 0 Å². The average molecular weight is 631 g/mol. The van der Waals surface area contributed by atoms with Gasteiger partial charge in [-0.05, 0) is 24.0 Å². The second-order valence-electron chi connectivity index (χ2n) is 10.5. The molecule has 18 nitrogen and oxygen atoms in total. The second-order valence-corrected chi connectivity index (χ2v) is 10.5. The van der Waals surface area contributed by atoms with E-state index < -0.39 is 91.5 Å². The monoisotopic (exact) mass is 630 g/mol. The number of benzene rings is 1. The van der Waals surface area contributed by atoms with Crippen LogP contribution >= 0.6 is 0 Å². The topological polar surface area (TPSA) is 294 Å². The van der Waals surface area contributed by atoms with Crippen LogP contribution in [0.2, 0.25) is 0 Å². The van der Waals surface area contributed by atoms with Crippen LogP contribution in [0, 0.1) is 0 Å². The van der Waals surface area contributed by atoms with E-state index in [4.69, 9.17) is 17.2 Å². The number of nitrogens with two attached hydrogens (primary N) is 3. The van der Waals surface area contributed by atoms with Crippen LogP contribution < -0.4 is 43.8 Å². The number of carbonyl (C=O) groups excluding carboxylic acids is 6. The van der Waals surface area contributed by atoms with Gasteiger partial charge in [-0.25, -0.2) is 0 Å². The fourth-order valence-corrected chi connectivity index (χ4v) is 4.78. The van der Waals surface area contributed by atoms with E-state index >= 15 is 0 Å². The zero-order chi connectivity index (χ0) is 33.1. The lowest BCUT2D eigenvalue weighted by molar-refractivity contribution is -0.151. The molecule has 1 aromatic carbocycles. The molecule has 12 N–H and O–H groups in total. The molecule has 2 bridgehead atoms. The standard InChI is InChI=1S/C27H38N10O8/c28-10-14-3-5-15(6-4-14)13-37-19-9-20(38)34-16(2-1-7-31-27(29)30)23(42)33-12-21(39)35-17(8-22(40)41)24(43)32-11-18(26(37)45)36-25(19)44/h3-6,16-19H,1-2,7-13,28H2,(H,32,43)(H,33,42)(H,34,38)(H,35,39)(H,36,44)(H,40,41)(H4,29,30,31)/t16-,17-,18-,19+/m0/s1. The van der Waals surface area contributed by atoms with Crippen molar-refractivity contribution in [3.8, 4) is 0 Å². The number of hydrogen-bond donors (Lipinski definition) is 9. The van der Waals surface area contributed by atoms with Gasteiger partial charge in [-0.15, -0.1) is 0 Å². The van der Waals surface area contributed by atoms with E-state index in [9.17, 15) is 38.7 Å².